The standard InChI is InChI=1S/C22H31N3O4/c1-2-28-21-11-18(3-4-20(21)29-10-8-24-7-6-23-17-24)12-25-13-19-14-27-9-5-22(19,15-25)16-26/h3-4,6-7,11,17,19,26H,2,5,8-10,12-16H2,1H3/t19-,22-/m1/s1. The van der Waals surface area contributed by atoms with Gasteiger partial charge in [-0.25, -0.2) is 4.98 Å². The molecule has 0 aliphatic carbocycles. The van der Waals surface area contributed by atoms with Crippen molar-refractivity contribution in [2.24, 2.45) is 11.3 Å². The second kappa shape index (κ2) is 9.15. The first kappa shape index (κ1) is 20.2. The van der Waals surface area contributed by atoms with Crippen molar-refractivity contribution in [3.8, 4) is 11.5 Å². The normalized spacial score (nSPS) is 24.4. The van der Waals surface area contributed by atoms with E-state index in [2.05, 4.69) is 22.0 Å². The van der Waals surface area contributed by atoms with Crippen molar-refractivity contribution in [2.45, 2.75) is 26.4 Å². The van der Waals surface area contributed by atoms with Crippen LogP contribution in [0, 0.1) is 11.3 Å². The molecular formula is C22H31N3O4. The number of nitrogens with zero attached hydrogens (tertiary/aromatic N) is 3. The van der Waals surface area contributed by atoms with Crippen LogP contribution in [0.2, 0.25) is 0 Å². The van der Waals surface area contributed by atoms with E-state index in [1.165, 1.54) is 5.56 Å². The summed E-state index contributed by atoms with van der Waals surface area (Å²) >= 11 is 0. The highest BCUT2D eigenvalue weighted by Crippen LogP contribution is 2.42. The van der Waals surface area contributed by atoms with E-state index in [9.17, 15) is 5.11 Å². The largest absolute Gasteiger partial charge is 0.490 e. The minimum Gasteiger partial charge on any atom is -0.490 e. The van der Waals surface area contributed by atoms with Gasteiger partial charge in [-0.3, -0.25) is 4.90 Å². The van der Waals surface area contributed by atoms with Crippen LogP contribution < -0.4 is 9.47 Å². The molecule has 2 fully saturated rings. The molecule has 0 spiro atoms. The van der Waals surface area contributed by atoms with Gasteiger partial charge >= 0.3 is 0 Å². The molecule has 7 nitrogen and oxygen atoms in total. The number of imidazole rings is 1. The monoisotopic (exact) mass is 401 g/mol. The van der Waals surface area contributed by atoms with Crippen LogP contribution in [-0.2, 0) is 17.8 Å². The van der Waals surface area contributed by atoms with E-state index < -0.39 is 0 Å². The van der Waals surface area contributed by atoms with Gasteiger partial charge in [-0.05, 0) is 31.0 Å². The lowest BCUT2D eigenvalue weighted by molar-refractivity contribution is -0.0417. The van der Waals surface area contributed by atoms with Crippen LogP contribution in [0.1, 0.15) is 18.9 Å². The molecule has 1 aromatic heterocycles. The molecule has 29 heavy (non-hydrogen) atoms. The van der Waals surface area contributed by atoms with Gasteiger partial charge in [0, 0.05) is 50.0 Å². The molecule has 1 N–H and O–H groups in total. The van der Waals surface area contributed by atoms with Crippen molar-refractivity contribution < 1.29 is 19.3 Å². The summed E-state index contributed by atoms with van der Waals surface area (Å²) in [6.45, 7) is 8.36. The van der Waals surface area contributed by atoms with Gasteiger partial charge < -0.3 is 23.9 Å². The summed E-state index contributed by atoms with van der Waals surface area (Å²) in [5, 5.41) is 10.0. The number of rotatable bonds is 9. The predicted molar refractivity (Wildman–Crippen MR) is 109 cm³/mol. The van der Waals surface area contributed by atoms with Crippen molar-refractivity contribution in [3.63, 3.8) is 0 Å². The Hall–Kier alpha value is -2.09. The van der Waals surface area contributed by atoms with Gasteiger partial charge in [0.25, 0.3) is 0 Å². The zero-order valence-corrected chi connectivity index (χ0v) is 17.1. The van der Waals surface area contributed by atoms with Gasteiger partial charge in [-0.2, -0.15) is 0 Å². The fourth-order valence-corrected chi connectivity index (χ4v) is 4.51. The number of likely N-dealkylation sites (tertiary alicyclic amines) is 1. The van der Waals surface area contributed by atoms with E-state index in [0.717, 1.165) is 57.3 Å². The SMILES string of the molecule is CCOc1cc(CN2C[C@@H]3COCC[C@]3(CO)C2)ccc1OCCn1ccnc1. The highest BCUT2D eigenvalue weighted by atomic mass is 16.5. The number of fused-ring (bicyclic) bond motifs is 1. The molecule has 2 atom stereocenters. The van der Waals surface area contributed by atoms with E-state index in [4.69, 9.17) is 14.2 Å². The Morgan fingerprint density at radius 1 is 1.31 bits per heavy atom. The summed E-state index contributed by atoms with van der Waals surface area (Å²) in [5.74, 6) is 1.97. The van der Waals surface area contributed by atoms with Crippen molar-refractivity contribution in [1.82, 2.24) is 14.5 Å². The number of aliphatic hydroxyl groups excluding tert-OH is 1. The molecule has 4 rings (SSSR count). The average Bonchev–Trinajstić information content (AvgIpc) is 3.37. The zero-order valence-electron chi connectivity index (χ0n) is 17.1. The third kappa shape index (κ3) is 4.57. The smallest absolute Gasteiger partial charge is 0.161 e. The summed E-state index contributed by atoms with van der Waals surface area (Å²) < 4.78 is 19.5. The minimum absolute atomic E-state index is 0.00261. The number of ether oxygens (including phenoxy) is 3. The molecule has 0 bridgehead atoms. The van der Waals surface area contributed by atoms with Gasteiger partial charge in [0.05, 0.1) is 32.7 Å². The summed E-state index contributed by atoms with van der Waals surface area (Å²) in [6, 6.07) is 6.20. The molecule has 2 aliphatic heterocycles. The molecule has 2 aromatic rings. The lowest BCUT2D eigenvalue weighted by Crippen LogP contribution is -2.41. The van der Waals surface area contributed by atoms with Gasteiger partial charge in [-0.15, -0.1) is 0 Å². The van der Waals surface area contributed by atoms with Crippen LogP contribution >= 0.6 is 0 Å². The van der Waals surface area contributed by atoms with Crippen LogP contribution in [-0.4, -0.2) is 65.7 Å². The lowest BCUT2D eigenvalue weighted by Gasteiger charge is -2.36. The van der Waals surface area contributed by atoms with Crippen LogP contribution in [0.5, 0.6) is 11.5 Å². The molecule has 0 radical (unpaired) electrons. The van der Waals surface area contributed by atoms with Gasteiger partial charge in [0.15, 0.2) is 11.5 Å². The number of benzene rings is 1. The summed E-state index contributed by atoms with van der Waals surface area (Å²) in [7, 11) is 0. The van der Waals surface area contributed by atoms with E-state index >= 15 is 0 Å². The number of hydrogen-bond donors (Lipinski definition) is 1. The van der Waals surface area contributed by atoms with Gasteiger partial charge in [-0.1, -0.05) is 6.07 Å². The lowest BCUT2D eigenvalue weighted by atomic mass is 9.75. The molecular weight excluding hydrogens is 370 g/mol. The topological polar surface area (TPSA) is 69.0 Å². The Bertz CT molecular complexity index is 782. The highest BCUT2D eigenvalue weighted by molar-refractivity contribution is 5.43. The molecule has 7 heteroatoms. The number of aliphatic hydroxyl groups is 1. The van der Waals surface area contributed by atoms with Crippen molar-refractivity contribution in [3.05, 3.63) is 42.5 Å². The summed E-state index contributed by atoms with van der Waals surface area (Å²) in [4.78, 5) is 6.48. The fraction of sp³-hybridized carbons (Fsp3) is 0.591. The van der Waals surface area contributed by atoms with E-state index in [1.54, 1.807) is 12.5 Å². The van der Waals surface area contributed by atoms with Crippen molar-refractivity contribution in [1.29, 1.82) is 0 Å². The zero-order chi connectivity index (χ0) is 20.1. The van der Waals surface area contributed by atoms with Crippen LogP contribution in [0.3, 0.4) is 0 Å². The van der Waals surface area contributed by atoms with Crippen molar-refractivity contribution in [2.75, 3.05) is 46.1 Å². The number of hydrogen-bond acceptors (Lipinski definition) is 6. The number of aromatic nitrogens is 2. The summed E-state index contributed by atoms with van der Waals surface area (Å²) in [5.41, 5.74) is 1.19. The fourth-order valence-electron chi connectivity index (χ4n) is 4.51. The Labute approximate surface area is 172 Å². The molecule has 3 heterocycles. The summed E-state index contributed by atoms with van der Waals surface area (Å²) in [6.07, 6.45) is 6.42. The first-order valence-corrected chi connectivity index (χ1v) is 10.5. The Balaban J connectivity index is 1.39. The maximum atomic E-state index is 10.0. The van der Waals surface area contributed by atoms with E-state index in [1.807, 2.05) is 23.8 Å². The quantitative estimate of drug-likeness (QED) is 0.695. The maximum Gasteiger partial charge on any atom is 0.161 e. The van der Waals surface area contributed by atoms with Crippen LogP contribution in [0.15, 0.2) is 36.9 Å². The molecule has 2 saturated heterocycles. The minimum atomic E-state index is -0.00261. The van der Waals surface area contributed by atoms with Crippen molar-refractivity contribution >= 4 is 0 Å². The average molecular weight is 402 g/mol. The van der Waals surface area contributed by atoms with Crippen LogP contribution in [0.25, 0.3) is 0 Å². The first-order valence-electron chi connectivity index (χ1n) is 10.5. The third-order valence-electron chi connectivity index (χ3n) is 6.14. The molecule has 1 aromatic carbocycles. The molecule has 158 valence electrons. The van der Waals surface area contributed by atoms with E-state index in [0.29, 0.717) is 19.1 Å². The Morgan fingerprint density at radius 3 is 3.00 bits per heavy atom. The van der Waals surface area contributed by atoms with E-state index in [-0.39, 0.29) is 12.0 Å². The molecule has 2 aliphatic rings. The molecule has 0 saturated carbocycles. The van der Waals surface area contributed by atoms with Crippen LogP contribution in [0.4, 0.5) is 0 Å². The van der Waals surface area contributed by atoms with Gasteiger partial charge in [0.2, 0.25) is 0 Å². The second-order valence-electron chi connectivity index (χ2n) is 8.08. The Morgan fingerprint density at radius 2 is 2.24 bits per heavy atom. The molecule has 0 unspecified atom stereocenters. The Kier molecular flexibility index (Phi) is 6.37. The van der Waals surface area contributed by atoms with Gasteiger partial charge in [0.1, 0.15) is 6.61 Å². The highest BCUT2D eigenvalue weighted by Gasteiger charge is 2.47. The first-order chi connectivity index (χ1) is 14.2. The maximum absolute atomic E-state index is 10.0. The predicted octanol–water partition coefficient (Wildman–Crippen LogP) is 2.19. The second-order valence-corrected chi connectivity index (χ2v) is 8.08. The molecule has 0 amide bonds. The third-order valence-corrected chi connectivity index (χ3v) is 6.14.